The van der Waals surface area contributed by atoms with E-state index < -0.39 is 0 Å². The minimum atomic E-state index is 0.0818. The Morgan fingerprint density at radius 1 is 1.42 bits per heavy atom. The van der Waals surface area contributed by atoms with Crippen LogP contribution in [0.25, 0.3) is 0 Å². The molecule has 1 aliphatic heterocycles. The maximum atomic E-state index is 12.1. The van der Waals surface area contributed by atoms with Gasteiger partial charge in [0.1, 0.15) is 0 Å². The highest BCUT2D eigenvalue weighted by atomic mass is 35.5. The molecule has 1 heterocycles. The van der Waals surface area contributed by atoms with Crippen molar-refractivity contribution in [2.24, 2.45) is 0 Å². The Bertz CT molecular complexity index is 419. The summed E-state index contributed by atoms with van der Waals surface area (Å²) in [5, 5.41) is 3.72. The first-order valence-corrected chi connectivity index (χ1v) is 7.37. The number of benzene rings is 1. The van der Waals surface area contributed by atoms with Gasteiger partial charge in [-0.1, -0.05) is 30.7 Å². The van der Waals surface area contributed by atoms with Crippen molar-refractivity contribution in [3.63, 3.8) is 0 Å². The Hall–Kier alpha value is -1.22. The number of carbonyl (C=O) groups is 1. The first kappa shape index (κ1) is 14.2. The Kier molecular flexibility index (Phi) is 5.08. The lowest BCUT2D eigenvalue weighted by atomic mass is 10.0. The summed E-state index contributed by atoms with van der Waals surface area (Å²) < 4.78 is 0. The molecule has 0 spiro atoms. The predicted molar refractivity (Wildman–Crippen MR) is 78.6 cm³/mol. The average Bonchev–Trinajstić information content (AvgIpc) is 2.87. The van der Waals surface area contributed by atoms with Crippen molar-refractivity contribution in [3.05, 3.63) is 34.9 Å². The van der Waals surface area contributed by atoms with E-state index in [4.69, 9.17) is 11.6 Å². The number of nitrogens with zero attached hydrogens (tertiary/aromatic N) is 1. The summed E-state index contributed by atoms with van der Waals surface area (Å²) >= 11 is 5.89. The van der Waals surface area contributed by atoms with Crippen molar-refractivity contribution in [2.75, 3.05) is 13.1 Å². The zero-order chi connectivity index (χ0) is 13.7. The van der Waals surface area contributed by atoms with E-state index >= 15 is 0 Å². The molecule has 19 heavy (non-hydrogen) atoms. The second-order valence-electron chi connectivity index (χ2n) is 5.05. The standard InChI is InChI=1S/C15H21ClN2O/c1-2-9-17-15(19)18-10-3-4-14(18)11-12-5-7-13(16)8-6-12/h5-8,14H,2-4,9-11H2,1H3,(H,17,19). The van der Waals surface area contributed by atoms with Gasteiger partial charge in [-0.15, -0.1) is 0 Å². The molecule has 2 amide bonds. The average molecular weight is 281 g/mol. The fraction of sp³-hybridized carbons (Fsp3) is 0.533. The molecule has 0 aromatic heterocycles. The van der Waals surface area contributed by atoms with Gasteiger partial charge >= 0.3 is 6.03 Å². The van der Waals surface area contributed by atoms with Crippen LogP contribution in [0.3, 0.4) is 0 Å². The number of nitrogens with one attached hydrogen (secondary N) is 1. The van der Waals surface area contributed by atoms with Crippen LogP contribution in [0.4, 0.5) is 4.79 Å². The van der Waals surface area contributed by atoms with Gasteiger partial charge < -0.3 is 10.2 Å². The molecule has 1 unspecified atom stereocenters. The van der Waals surface area contributed by atoms with E-state index in [1.165, 1.54) is 5.56 Å². The van der Waals surface area contributed by atoms with Crippen LogP contribution in [-0.2, 0) is 6.42 Å². The van der Waals surface area contributed by atoms with E-state index in [2.05, 4.69) is 12.2 Å². The van der Waals surface area contributed by atoms with Crippen LogP contribution in [0.2, 0.25) is 5.02 Å². The molecule has 2 rings (SSSR count). The number of halogens is 1. The third-order valence-corrected chi connectivity index (χ3v) is 3.80. The third-order valence-electron chi connectivity index (χ3n) is 3.55. The van der Waals surface area contributed by atoms with E-state index in [9.17, 15) is 4.79 Å². The number of amides is 2. The van der Waals surface area contributed by atoms with Crippen LogP contribution in [0.15, 0.2) is 24.3 Å². The van der Waals surface area contributed by atoms with Crippen molar-refractivity contribution >= 4 is 17.6 Å². The van der Waals surface area contributed by atoms with Crippen molar-refractivity contribution in [1.82, 2.24) is 10.2 Å². The minimum Gasteiger partial charge on any atom is -0.338 e. The SMILES string of the molecule is CCCNC(=O)N1CCCC1Cc1ccc(Cl)cc1. The summed E-state index contributed by atoms with van der Waals surface area (Å²) in [6, 6.07) is 8.31. The lowest BCUT2D eigenvalue weighted by Crippen LogP contribution is -2.43. The lowest BCUT2D eigenvalue weighted by Gasteiger charge is -2.25. The molecule has 1 atom stereocenters. The van der Waals surface area contributed by atoms with Gasteiger partial charge in [-0.2, -0.15) is 0 Å². The van der Waals surface area contributed by atoms with Crippen LogP contribution in [-0.4, -0.2) is 30.1 Å². The molecule has 0 bridgehead atoms. The molecule has 1 saturated heterocycles. The van der Waals surface area contributed by atoms with Gasteiger partial charge in [0.2, 0.25) is 0 Å². The van der Waals surface area contributed by atoms with Crippen molar-refractivity contribution in [2.45, 2.75) is 38.6 Å². The molecule has 0 radical (unpaired) electrons. The van der Waals surface area contributed by atoms with Gasteiger partial charge in [-0.05, 0) is 43.4 Å². The van der Waals surface area contributed by atoms with E-state index in [0.717, 1.165) is 43.8 Å². The van der Waals surface area contributed by atoms with Gasteiger partial charge in [-0.3, -0.25) is 0 Å². The molecule has 4 heteroatoms. The second-order valence-corrected chi connectivity index (χ2v) is 5.49. The maximum absolute atomic E-state index is 12.1. The monoisotopic (exact) mass is 280 g/mol. The fourth-order valence-corrected chi connectivity index (χ4v) is 2.67. The molecular formula is C15H21ClN2O. The smallest absolute Gasteiger partial charge is 0.317 e. The quantitative estimate of drug-likeness (QED) is 0.900. The van der Waals surface area contributed by atoms with Crippen LogP contribution >= 0.6 is 11.6 Å². The van der Waals surface area contributed by atoms with Gasteiger partial charge in [-0.25, -0.2) is 4.79 Å². The Labute approximate surface area is 119 Å². The highest BCUT2D eigenvalue weighted by Crippen LogP contribution is 2.22. The molecule has 1 aromatic carbocycles. The molecule has 0 aliphatic carbocycles. The van der Waals surface area contributed by atoms with Gasteiger partial charge in [0.25, 0.3) is 0 Å². The largest absolute Gasteiger partial charge is 0.338 e. The van der Waals surface area contributed by atoms with E-state index in [1.807, 2.05) is 29.2 Å². The van der Waals surface area contributed by atoms with Crippen molar-refractivity contribution in [1.29, 1.82) is 0 Å². The summed E-state index contributed by atoms with van der Waals surface area (Å²) in [7, 11) is 0. The van der Waals surface area contributed by atoms with Crippen LogP contribution in [0.5, 0.6) is 0 Å². The summed E-state index contributed by atoms with van der Waals surface area (Å²) in [5.74, 6) is 0. The topological polar surface area (TPSA) is 32.3 Å². The van der Waals surface area contributed by atoms with E-state index in [1.54, 1.807) is 0 Å². The first-order chi connectivity index (χ1) is 9.20. The van der Waals surface area contributed by atoms with Crippen molar-refractivity contribution in [3.8, 4) is 0 Å². The molecule has 1 fully saturated rings. The Balaban J connectivity index is 1.95. The third kappa shape index (κ3) is 3.87. The summed E-state index contributed by atoms with van der Waals surface area (Å²) in [6.07, 6.45) is 4.07. The Morgan fingerprint density at radius 2 is 2.16 bits per heavy atom. The molecule has 104 valence electrons. The number of rotatable bonds is 4. The number of urea groups is 1. The highest BCUT2D eigenvalue weighted by molar-refractivity contribution is 6.30. The number of hydrogen-bond acceptors (Lipinski definition) is 1. The molecule has 1 aliphatic rings. The summed E-state index contributed by atoms with van der Waals surface area (Å²) in [5.41, 5.74) is 1.24. The first-order valence-electron chi connectivity index (χ1n) is 6.99. The lowest BCUT2D eigenvalue weighted by molar-refractivity contribution is 0.192. The maximum Gasteiger partial charge on any atom is 0.317 e. The zero-order valence-corrected chi connectivity index (χ0v) is 12.1. The van der Waals surface area contributed by atoms with Crippen LogP contribution in [0, 0.1) is 0 Å². The minimum absolute atomic E-state index is 0.0818. The molecule has 1 aromatic rings. The highest BCUT2D eigenvalue weighted by Gasteiger charge is 2.28. The Morgan fingerprint density at radius 3 is 2.84 bits per heavy atom. The van der Waals surface area contributed by atoms with Gasteiger partial charge in [0, 0.05) is 24.2 Å². The van der Waals surface area contributed by atoms with Gasteiger partial charge in [0.15, 0.2) is 0 Å². The molecular weight excluding hydrogens is 260 g/mol. The predicted octanol–water partition coefficient (Wildman–Crippen LogP) is 3.47. The van der Waals surface area contributed by atoms with E-state index in [-0.39, 0.29) is 6.03 Å². The summed E-state index contributed by atoms with van der Waals surface area (Å²) in [6.45, 7) is 3.69. The number of hydrogen-bond donors (Lipinski definition) is 1. The summed E-state index contributed by atoms with van der Waals surface area (Å²) in [4.78, 5) is 14.0. The van der Waals surface area contributed by atoms with E-state index in [0.29, 0.717) is 6.04 Å². The number of likely N-dealkylation sites (tertiary alicyclic amines) is 1. The molecule has 1 N–H and O–H groups in total. The molecule has 0 saturated carbocycles. The van der Waals surface area contributed by atoms with Crippen LogP contribution < -0.4 is 5.32 Å². The molecule has 3 nitrogen and oxygen atoms in total. The zero-order valence-electron chi connectivity index (χ0n) is 11.4. The number of carbonyl (C=O) groups excluding carboxylic acids is 1. The van der Waals surface area contributed by atoms with Gasteiger partial charge in [0.05, 0.1) is 0 Å². The normalized spacial score (nSPS) is 18.6. The second kappa shape index (κ2) is 6.80. The van der Waals surface area contributed by atoms with Crippen molar-refractivity contribution < 1.29 is 4.79 Å². The van der Waals surface area contributed by atoms with Crippen LogP contribution in [0.1, 0.15) is 31.7 Å². The fourth-order valence-electron chi connectivity index (χ4n) is 2.54.